The average molecular weight is 487 g/mol. The van der Waals surface area contributed by atoms with E-state index in [4.69, 9.17) is 4.74 Å². The number of halogens is 1. The van der Waals surface area contributed by atoms with Crippen LogP contribution in [0.4, 0.5) is 16.0 Å². The van der Waals surface area contributed by atoms with Gasteiger partial charge in [0.1, 0.15) is 17.3 Å². The molecule has 0 saturated carbocycles. The average Bonchev–Trinajstić information content (AvgIpc) is 3.49. The molecule has 1 atom stereocenters. The molecule has 0 aliphatic rings. The minimum atomic E-state index is -0.664. The third-order valence-corrected chi connectivity index (χ3v) is 5.82. The fourth-order valence-electron chi connectivity index (χ4n) is 3.88. The monoisotopic (exact) mass is 486 g/mol. The van der Waals surface area contributed by atoms with Crippen molar-refractivity contribution in [3.8, 4) is 5.75 Å². The smallest absolute Gasteiger partial charge is 0.270 e. The number of aryl methyl sites for hydroxylation is 2. The topological polar surface area (TPSA) is 112 Å². The summed E-state index contributed by atoms with van der Waals surface area (Å²) in [5.74, 6) is 0.506. The molecule has 36 heavy (non-hydrogen) atoms. The number of nitrogens with one attached hydrogen (secondary N) is 2. The quantitative estimate of drug-likeness (QED) is 0.362. The molecule has 0 unspecified atom stereocenters. The molecule has 0 saturated heterocycles. The zero-order valence-electron chi connectivity index (χ0n) is 19.8. The minimum absolute atomic E-state index is 0.120. The molecule has 11 heteroatoms. The van der Waals surface area contributed by atoms with Crippen LogP contribution in [0.1, 0.15) is 27.8 Å². The van der Waals surface area contributed by atoms with Gasteiger partial charge in [0.05, 0.1) is 43.1 Å². The van der Waals surface area contributed by atoms with Crippen LogP contribution >= 0.6 is 0 Å². The van der Waals surface area contributed by atoms with Crippen LogP contribution in [0.25, 0.3) is 10.9 Å². The lowest BCUT2D eigenvalue weighted by Gasteiger charge is -2.20. The van der Waals surface area contributed by atoms with E-state index in [2.05, 4.69) is 30.7 Å². The Hall–Kier alpha value is -4.80. The van der Waals surface area contributed by atoms with Crippen LogP contribution in [0.3, 0.4) is 0 Å². The van der Waals surface area contributed by atoms with Crippen molar-refractivity contribution in [1.82, 2.24) is 34.6 Å². The molecule has 1 amide bonds. The van der Waals surface area contributed by atoms with E-state index in [0.717, 1.165) is 11.2 Å². The van der Waals surface area contributed by atoms with E-state index in [1.165, 1.54) is 19.2 Å². The van der Waals surface area contributed by atoms with Crippen LogP contribution in [0.2, 0.25) is 0 Å². The van der Waals surface area contributed by atoms with Crippen molar-refractivity contribution in [3.05, 3.63) is 90.2 Å². The largest absolute Gasteiger partial charge is 0.494 e. The molecule has 182 valence electrons. The molecule has 1 aromatic carbocycles. The van der Waals surface area contributed by atoms with Gasteiger partial charge >= 0.3 is 0 Å². The van der Waals surface area contributed by atoms with Gasteiger partial charge in [-0.2, -0.15) is 5.10 Å². The van der Waals surface area contributed by atoms with E-state index in [-0.39, 0.29) is 11.4 Å². The fraction of sp³-hybridized carbons (Fsp3) is 0.160. The first kappa shape index (κ1) is 23.0. The van der Waals surface area contributed by atoms with Crippen molar-refractivity contribution in [2.75, 3.05) is 12.4 Å². The highest BCUT2D eigenvalue weighted by Gasteiger charge is 2.23. The number of methoxy groups -OCH3 is 1. The van der Waals surface area contributed by atoms with Crippen molar-refractivity contribution in [2.45, 2.75) is 6.04 Å². The number of benzene rings is 1. The van der Waals surface area contributed by atoms with Gasteiger partial charge in [-0.25, -0.2) is 19.3 Å². The van der Waals surface area contributed by atoms with E-state index in [0.29, 0.717) is 22.6 Å². The Bertz CT molecular complexity index is 1560. The van der Waals surface area contributed by atoms with Crippen molar-refractivity contribution in [2.24, 2.45) is 14.1 Å². The Morgan fingerprint density at radius 2 is 1.97 bits per heavy atom. The van der Waals surface area contributed by atoms with E-state index in [1.807, 2.05) is 13.1 Å². The normalized spacial score (nSPS) is 11.9. The predicted molar refractivity (Wildman–Crippen MR) is 131 cm³/mol. The maximum absolute atomic E-state index is 14.5. The molecule has 0 fully saturated rings. The summed E-state index contributed by atoms with van der Waals surface area (Å²) < 4.78 is 23.0. The molecule has 2 N–H and O–H groups in total. The number of anilines is 2. The molecular formula is C25H23FN8O2. The number of aromatic nitrogens is 6. The number of ether oxygens (including phenoxy) is 1. The number of carbonyl (C=O) groups excluding carboxylic acids is 1. The summed E-state index contributed by atoms with van der Waals surface area (Å²) >= 11 is 0. The van der Waals surface area contributed by atoms with Crippen LogP contribution in [0.5, 0.6) is 5.75 Å². The molecule has 0 bridgehead atoms. The number of nitrogens with zero attached hydrogens (tertiary/aromatic N) is 6. The lowest BCUT2D eigenvalue weighted by molar-refractivity contribution is 0.0937. The van der Waals surface area contributed by atoms with Crippen LogP contribution < -0.4 is 15.4 Å². The second-order valence-corrected chi connectivity index (χ2v) is 8.15. The number of hydrogen-bond acceptors (Lipinski definition) is 7. The Labute approximate surface area is 205 Å². The first-order valence-electron chi connectivity index (χ1n) is 11.1. The third kappa shape index (κ3) is 4.45. The van der Waals surface area contributed by atoms with E-state index in [1.54, 1.807) is 65.5 Å². The maximum atomic E-state index is 14.5. The lowest BCUT2D eigenvalue weighted by Crippen LogP contribution is -2.31. The van der Waals surface area contributed by atoms with Gasteiger partial charge in [0.2, 0.25) is 0 Å². The second-order valence-electron chi connectivity index (χ2n) is 8.15. The number of imidazole rings is 1. The summed E-state index contributed by atoms with van der Waals surface area (Å²) in [6, 6.07) is 10.9. The van der Waals surface area contributed by atoms with Crippen LogP contribution in [0.15, 0.2) is 67.4 Å². The summed E-state index contributed by atoms with van der Waals surface area (Å²) in [4.78, 5) is 26.4. The minimum Gasteiger partial charge on any atom is -0.494 e. The van der Waals surface area contributed by atoms with Crippen LogP contribution in [-0.2, 0) is 14.1 Å². The van der Waals surface area contributed by atoms with Gasteiger partial charge in [0, 0.05) is 37.8 Å². The zero-order chi connectivity index (χ0) is 25.2. The summed E-state index contributed by atoms with van der Waals surface area (Å²) in [7, 11) is 5.02. The van der Waals surface area contributed by atoms with Crippen LogP contribution in [0, 0.1) is 5.82 Å². The van der Waals surface area contributed by atoms with Gasteiger partial charge in [0.25, 0.3) is 5.91 Å². The first-order chi connectivity index (χ1) is 17.4. The third-order valence-electron chi connectivity index (χ3n) is 5.82. The molecule has 4 heterocycles. The molecular weight excluding hydrogens is 463 g/mol. The van der Waals surface area contributed by atoms with Gasteiger partial charge < -0.3 is 19.9 Å². The summed E-state index contributed by atoms with van der Waals surface area (Å²) in [5, 5.41) is 11.1. The van der Waals surface area contributed by atoms with E-state index < -0.39 is 17.8 Å². The number of fused-ring (bicyclic) bond motifs is 1. The Kier molecular flexibility index (Phi) is 6.03. The Morgan fingerprint density at radius 3 is 2.67 bits per heavy atom. The van der Waals surface area contributed by atoms with Crippen molar-refractivity contribution in [1.29, 1.82) is 0 Å². The first-order valence-corrected chi connectivity index (χ1v) is 11.1. The number of carbonyl (C=O) groups is 1. The van der Waals surface area contributed by atoms with Gasteiger partial charge in [-0.1, -0.05) is 6.07 Å². The summed E-state index contributed by atoms with van der Waals surface area (Å²) in [6.45, 7) is 0. The highest BCUT2D eigenvalue weighted by Crippen LogP contribution is 2.27. The number of rotatable bonds is 7. The number of amides is 1. The van der Waals surface area contributed by atoms with E-state index in [9.17, 15) is 9.18 Å². The fourth-order valence-corrected chi connectivity index (χ4v) is 3.88. The number of pyridine rings is 2. The highest BCUT2D eigenvalue weighted by atomic mass is 19.1. The number of hydrogen-bond donors (Lipinski definition) is 2. The SMILES string of the molecule is COc1ccc([C@H](NC(=O)c2ccc3cnc(Nc4ccnn4C)cc3n2)c2cncn2C)cc1F. The van der Waals surface area contributed by atoms with Gasteiger partial charge in [-0.05, 0) is 29.8 Å². The summed E-state index contributed by atoms with van der Waals surface area (Å²) in [5.41, 5.74) is 2.02. The van der Waals surface area contributed by atoms with E-state index >= 15 is 0 Å². The molecule has 10 nitrogen and oxygen atoms in total. The maximum Gasteiger partial charge on any atom is 0.270 e. The van der Waals surface area contributed by atoms with Gasteiger partial charge in [-0.15, -0.1) is 0 Å². The standard InChI is InChI=1S/C25H23FN8O2/c1-33-14-27-13-20(33)24(15-5-7-21(36-3)17(26)10-15)32-25(35)18-6-4-16-12-28-22(11-19(16)30-18)31-23-8-9-29-34(23)2/h4-14,24H,1-3H3,(H,28,31)(H,32,35)/t24-/m0/s1. The molecule has 0 spiro atoms. The molecule has 5 aromatic rings. The Balaban J connectivity index is 1.45. The van der Waals surface area contributed by atoms with Crippen LogP contribution in [-0.4, -0.2) is 42.3 Å². The second kappa shape index (κ2) is 9.45. The molecule has 0 aliphatic carbocycles. The molecule has 0 radical (unpaired) electrons. The van der Waals surface area contributed by atoms with Crippen molar-refractivity contribution >= 4 is 28.4 Å². The van der Waals surface area contributed by atoms with Crippen molar-refractivity contribution in [3.63, 3.8) is 0 Å². The molecule has 5 rings (SSSR count). The predicted octanol–water partition coefficient (Wildman–Crippen LogP) is 3.51. The lowest BCUT2D eigenvalue weighted by atomic mass is 10.0. The highest BCUT2D eigenvalue weighted by molar-refractivity contribution is 5.95. The van der Waals surface area contributed by atoms with Gasteiger partial charge in [-0.3, -0.25) is 9.48 Å². The molecule has 4 aromatic heterocycles. The Morgan fingerprint density at radius 1 is 1.11 bits per heavy atom. The summed E-state index contributed by atoms with van der Waals surface area (Å²) in [6.07, 6.45) is 6.61. The van der Waals surface area contributed by atoms with Crippen molar-refractivity contribution < 1.29 is 13.9 Å². The van der Waals surface area contributed by atoms with Gasteiger partial charge in [0.15, 0.2) is 11.6 Å². The zero-order valence-corrected chi connectivity index (χ0v) is 19.8. The molecule has 0 aliphatic heterocycles.